The summed E-state index contributed by atoms with van der Waals surface area (Å²) in [5.41, 5.74) is 2.08. The molecule has 6 nitrogen and oxygen atoms in total. The van der Waals surface area contributed by atoms with Crippen molar-refractivity contribution in [3.8, 4) is 11.5 Å². The van der Waals surface area contributed by atoms with Crippen molar-refractivity contribution < 1.29 is 19.1 Å². The van der Waals surface area contributed by atoms with E-state index < -0.39 is 0 Å². The van der Waals surface area contributed by atoms with Crippen LogP contribution >= 0.6 is 0 Å². The number of nitrogens with zero attached hydrogens (tertiary/aromatic N) is 1. The number of benzene rings is 2. The fraction of sp³-hybridized carbons (Fsp3) is 0.333. The summed E-state index contributed by atoms with van der Waals surface area (Å²) in [4.78, 5) is 26.4. The Bertz CT molecular complexity index is 806. The van der Waals surface area contributed by atoms with Gasteiger partial charge in [0, 0.05) is 36.8 Å². The molecule has 1 aliphatic rings. The van der Waals surface area contributed by atoms with Crippen LogP contribution < -0.4 is 14.8 Å². The number of hydrogen-bond acceptors (Lipinski definition) is 4. The lowest BCUT2D eigenvalue weighted by molar-refractivity contribution is 0.0784. The van der Waals surface area contributed by atoms with Crippen molar-refractivity contribution in [2.45, 2.75) is 25.4 Å². The van der Waals surface area contributed by atoms with Gasteiger partial charge in [0.2, 0.25) is 0 Å². The van der Waals surface area contributed by atoms with Gasteiger partial charge < -0.3 is 19.7 Å². The lowest BCUT2D eigenvalue weighted by atomic mass is 10.1. The highest BCUT2D eigenvalue weighted by Gasteiger charge is 2.23. The summed E-state index contributed by atoms with van der Waals surface area (Å²) in [5.74, 6) is 0.953. The number of nitrogens with one attached hydrogen (secondary N) is 1. The number of ether oxygens (including phenoxy) is 2. The second-order valence-electron chi connectivity index (χ2n) is 6.71. The van der Waals surface area contributed by atoms with Crippen molar-refractivity contribution in [1.82, 2.24) is 10.2 Å². The Morgan fingerprint density at radius 2 is 1.59 bits per heavy atom. The maximum absolute atomic E-state index is 12.7. The van der Waals surface area contributed by atoms with E-state index in [1.54, 1.807) is 56.5 Å². The van der Waals surface area contributed by atoms with Crippen LogP contribution in [0.3, 0.4) is 0 Å². The minimum atomic E-state index is -0.136. The topological polar surface area (TPSA) is 67.9 Å². The minimum Gasteiger partial charge on any atom is -0.497 e. The van der Waals surface area contributed by atoms with Crippen molar-refractivity contribution in [2.75, 3.05) is 21.3 Å². The smallest absolute Gasteiger partial charge is 0.254 e. The monoisotopic (exact) mass is 368 g/mol. The van der Waals surface area contributed by atoms with Crippen molar-refractivity contribution in [3.05, 3.63) is 59.2 Å². The molecule has 0 aliphatic heterocycles. The van der Waals surface area contributed by atoms with E-state index in [4.69, 9.17) is 9.47 Å². The Morgan fingerprint density at radius 1 is 1.00 bits per heavy atom. The largest absolute Gasteiger partial charge is 0.497 e. The molecule has 2 aromatic rings. The Labute approximate surface area is 159 Å². The van der Waals surface area contributed by atoms with Crippen LogP contribution in [0.15, 0.2) is 42.5 Å². The van der Waals surface area contributed by atoms with Gasteiger partial charge in [-0.3, -0.25) is 9.59 Å². The van der Waals surface area contributed by atoms with E-state index in [1.807, 2.05) is 12.1 Å². The Morgan fingerprint density at radius 3 is 2.11 bits per heavy atom. The van der Waals surface area contributed by atoms with Crippen LogP contribution in [0.5, 0.6) is 11.5 Å². The van der Waals surface area contributed by atoms with Gasteiger partial charge in [-0.05, 0) is 42.7 Å². The van der Waals surface area contributed by atoms with Crippen LogP contribution in [0.2, 0.25) is 0 Å². The predicted molar refractivity (Wildman–Crippen MR) is 102 cm³/mol. The number of carbonyl (C=O) groups is 2. The van der Waals surface area contributed by atoms with E-state index >= 15 is 0 Å². The molecule has 1 N–H and O–H groups in total. The first-order valence-corrected chi connectivity index (χ1v) is 8.88. The SMILES string of the molecule is COc1cc(OC)cc(C(=O)N(C)Cc2ccc(C(=O)NC3CC3)cc2)c1. The Hall–Kier alpha value is -3.02. The highest BCUT2D eigenvalue weighted by atomic mass is 16.5. The molecule has 0 atom stereocenters. The Kier molecular flexibility index (Phi) is 5.64. The van der Waals surface area contributed by atoms with Crippen molar-refractivity contribution >= 4 is 11.8 Å². The molecule has 0 radical (unpaired) electrons. The van der Waals surface area contributed by atoms with Gasteiger partial charge in [-0.1, -0.05) is 12.1 Å². The van der Waals surface area contributed by atoms with Gasteiger partial charge in [-0.25, -0.2) is 0 Å². The predicted octanol–water partition coefficient (Wildman–Crippen LogP) is 2.87. The van der Waals surface area contributed by atoms with Crippen molar-refractivity contribution in [2.24, 2.45) is 0 Å². The van der Waals surface area contributed by atoms with Gasteiger partial charge in [0.1, 0.15) is 11.5 Å². The van der Waals surface area contributed by atoms with E-state index in [0.717, 1.165) is 18.4 Å². The van der Waals surface area contributed by atoms with Crippen LogP contribution in [0.4, 0.5) is 0 Å². The number of hydrogen-bond donors (Lipinski definition) is 1. The molecule has 0 unspecified atom stereocenters. The van der Waals surface area contributed by atoms with Crippen LogP contribution in [0, 0.1) is 0 Å². The van der Waals surface area contributed by atoms with Crippen LogP contribution in [0.25, 0.3) is 0 Å². The van der Waals surface area contributed by atoms with Gasteiger partial charge in [0.05, 0.1) is 14.2 Å². The van der Waals surface area contributed by atoms with Crippen molar-refractivity contribution in [1.29, 1.82) is 0 Å². The summed E-state index contributed by atoms with van der Waals surface area (Å²) in [6, 6.07) is 12.8. The lowest BCUT2D eigenvalue weighted by Gasteiger charge is -2.18. The standard InChI is InChI=1S/C21H24N2O4/c1-23(21(25)16-10-18(26-2)12-19(11-16)27-3)13-14-4-6-15(7-5-14)20(24)22-17-8-9-17/h4-7,10-12,17H,8-9,13H2,1-3H3,(H,22,24). The molecule has 0 saturated heterocycles. The highest BCUT2D eigenvalue weighted by molar-refractivity contribution is 5.95. The third kappa shape index (κ3) is 4.78. The second kappa shape index (κ2) is 8.12. The molecule has 1 saturated carbocycles. The molecule has 3 rings (SSSR count). The number of rotatable bonds is 7. The zero-order chi connectivity index (χ0) is 19.4. The fourth-order valence-electron chi connectivity index (χ4n) is 2.75. The lowest BCUT2D eigenvalue weighted by Crippen LogP contribution is -2.27. The first-order valence-electron chi connectivity index (χ1n) is 8.88. The van der Waals surface area contributed by atoms with Crippen LogP contribution in [0.1, 0.15) is 39.1 Å². The maximum Gasteiger partial charge on any atom is 0.254 e. The summed E-state index contributed by atoms with van der Waals surface area (Å²) < 4.78 is 10.4. The molecule has 1 fully saturated rings. The summed E-state index contributed by atoms with van der Waals surface area (Å²) in [7, 11) is 4.84. The van der Waals surface area contributed by atoms with Gasteiger partial charge in [-0.15, -0.1) is 0 Å². The van der Waals surface area contributed by atoms with Gasteiger partial charge in [0.25, 0.3) is 11.8 Å². The Balaban J connectivity index is 1.66. The number of amides is 2. The second-order valence-corrected chi connectivity index (χ2v) is 6.71. The molecule has 0 spiro atoms. The molecule has 27 heavy (non-hydrogen) atoms. The third-order valence-electron chi connectivity index (χ3n) is 4.49. The van der Waals surface area contributed by atoms with E-state index in [1.165, 1.54) is 0 Å². The average molecular weight is 368 g/mol. The third-order valence-corrected chi connectivity index (χ3v) is 4.49. The van der Waals surface area contributed by atoms with E-state index in [2.05, 4.69) is 5.32 Å². The number of methoxy groups -OCH3 is 2. The molecule has 1 aliphatic carbocycles. The molecule has 2 amide bonds. The van der Waals surface area contributed by atoms with Crippen LogP contribution in [-0.2, 0) is 6.54 Å². The molecule has 0 heterocycles. The molecular formula is C21H24N2O4. The maximum atomic E-state index is 12.7. The van der Waals surface area contributed by atoms with E-state index in [0.29, 0.717) is 35.2 Å². The molecule has 2 aromatic carbocycles. The molecular weight excluding hydrogens is 344 g/mol. The zero-order valence-electron chi connectivity index (χ0n) is 15.8. The molecule has 142 valence electrons. The van der Waals surface area contributed by atoms with Crippen molar-refractivity contribution in [3.63, 3.8) is 0 Å². The summed E-state index contributed by atoms with van der Waals surface area (Å²) in [6.45, 7) is 0.433. The van der Waals surface area contributed by atoms with Gasteiger partial charge >= 0.3 is 0 Å². The quantitative estimate of drug-likeness (QED) is 0.816. The first-order chi connectivity index (χ1) is 13.0. The first kappa shape index (κ1) is 18.8. The fourth-order valence-corrected chi connectivity index (χ4v) is 2.75. The molecule has 6 heteroatoms. The van der Waals surface area contributed by atoms with E-state index in [-0.39, 0.29) is 11.8 Å². The number of carbonyl (C=O) groups excluding carboxylic acids is 2. The van der Waals surface area contributed by atoms with E-state index in [9.17, 15) is 9.59 Å². The zero-order valence-corrected chi connectivity index (χ0v) is 15.8. The summed E-state index contributed by atoms with van der Waals surface area (Å²) >= 11 is 0. The minimum absolute atomic E-state index is 0.0445. The normalized spacial score (nSPS) is 13.0. The van der Waals surface area contributed by atoms with Gasteiger partial charge in [0.15, 0.2) is 0 Å². The van der Waals surface area contributed by atoms with Crippen LogP contribution in [-0.4, -0.2) is 44.0 Å². The highest BCUT2D eigenvalue weighted by Crippen LogP contribution is 2.24. The average Bonchev–Trinajstić information content (AvgIpc) is 3.51. The summed E-state index contributed by atoms with van der Waals surface area (Å²) in [6.07, 6.45) is 2.12. The molecule has 0 aromatic heterocycles. The van der Waals surface area contributed by atoms with Gasteiger partial charge in [-0.2, -0.15) is 0 Å². The summed E-state index contributed by atoms with van der Waals surface area (Å²) in [5, 5.41) is 2.96. The molecule has 0 bridgehead atoms.